The SMILES string of the molecule is CC(C)(C)NC(=O)c1cc(Nc2ccc3c(c2)OCO3)nc(-c2ccccc2)n1. The van der Waals surface area contributed by atoms with Gasteiger partial charge >= 0.3 is 0 Å². The Morgan fingerprint density at radius 1 is 0.966 bits per heavy atom. The number of ether oxygens (including phenoxy) is 2. The minimum Gasteiger partial charge on any atom is -0.454 e. The van der Waals surface area contributed by atoms with E-state index in [0.29, 0.717) is 23.1 Å². The quantitative estimate of drug-likeness (QED) is 0.696. The highest BCUT2D eigenvalue weighted by Gasteiger charge is 2.19. The number of nitrogens with one attached hydrogen (secondary N) is 2. The second-order valence-corrected chi connectivity index (χ2v) is 7.73. The number of carbonyl (C=O) groups is 1. The van der Waals surface area contributed by atoms with Crippen molar-refractivity contribution < 1.29 is 14.3 Å². The topological polar surface area (TPSA) is 85.4 Å². The summed E-state index contributed by atoms with van der Waals surface area (Å²) in [5, 5.41) is 6.18. The summed E-state index contributed by atoms with van der Waals surface area (Å²) in [6.07, 6.45) is 0. The van der Waals surface area contributed by atoms with Crippen molar-refractivity contribution in [2.75, 3.05) is 12.1 Å². The molecule has 7 nitrogen and oxygen atoms in total. The molecule has 0 spiro atoms. The number of benzene rings is 2. The van der Waals surface area contributed by atoms with Crippen LogP contribution in [0.2, 0.25) is 0 Å². The molecular formula is C22H22N4O3. The lowest BCUT2D eigenvalue weighted by molar-refractivity contribution is 0.0914. The average molecular weight is 390 g/mol. The molecule has 4 rings (SSSR count). The predicted octanol–water partition coefficient (Wildman–Crippen LogP) is 4.14. The number of carbonyl (C=O) groups excluding carboxylic acids is 1. The molecular weight excluding hydrogens is 368 g/mol. The van der Waals surface area contributed by atoms with E-state index in [4.69, 9.17) is 9.47 Å². The summed E-state index contributed by atoms with van der Waals surface area (Å²) in [6.45, 7) is 5.99. The van der Waals surface area contributed by atoms with Crippen LogP contribution in [0.3, 0.4) is 0 Å². The molecule has 2 aromatic carbocycles. The van der Waals surface area contributed by atoms with E-state index in [9.17, 15) is 4.79 Å². The maximum Gasteiger partial charge on any atom is 0.270 e. The lowest BCUT2D eigenvalue weighted by Crippen LogP contribution is -2.41. The highest BCUT2D eigenvalue weighted by Crippen LogP contribution is 2.35. The van der Waals surface area contributed by atoms with E-state index in [1.807, 2.05) is 69.3 Å². The molecule has 29 heavy (non-hydrogen) atoms. The molecule has 1 aromatic heterocycles. The standard InChI is InChI=1S/C22H22N4O3/c1-22(2,3)26-21(27)16-12-19(25-20(24-16)14-7-5-4-6-8-14)23-15-9-10-17-18(11-15)29-13-28-17/h4-12H,13H2,1-3H3,(H,26,27)(H,23,24,25). The van der Waals surface area contributed by atoms with Gasteiger partial charge in [0.25, 0.3) is 5.91 Å². The Bertz CT molecular complexity index is 1050. The van der Waals surface area contributed by atoms with Gasteiger partial charge in [0.15, 0.2) is 17.3 Å². The highest BCUT2D eigenvalue weighted by atomic mass is 16.7. The Morgan fingerprint density at radius 2 is 1.72 bits per heavy atom. The fraction of sp³-hybridized carbons (Fsp3) is 0.227. The van der Waals surface area contributed by atoms with Crippen molar-refractivity contribution in [2.45, 2.75) is 26.3 Å². The maximum atomic E-state index is 12.7. The third-order valence-corrected chi connectivity index (χ3v) is 4.12. The molecule has 0 saturated heterocycles. The Labute approximate surface area is 169 Å². The van der Waals surface area contributed by atoms with Gasteiger partial charge in [-0.15, -0.1) is 0 Å². The van der Waals surface area contributed by atoms with Crippen molar-refractivity contribution in [3.05, 3.63) is 60.3 Å². The van der Waals surface area contributed by atoms with Crippen LogP contribution < -0.4 is 20.1 Å². The average Bonchev–Trinajstić information content (AvgIpc) is 3.15. The van der Waals surface area contributed by atoms with Gasteiger partial charge in [-0.25, -0.2) is 9.97 Å². The molecule has 0 saturated carbocycles. The lowest BCUT2D eigenvalue weighted by Gasteiger charge is -2.20. The van der Waals surface area contributed by atoms with Crippen LogP contribution in [0.15, 0.2) is 54.6 Å². The largest absolute Gasteiger partial charge is 0.454 e. The van der Waals surface area contributed by atoms with Crippen LogP contribution in [-0.4, -0.2) is 28.2 Å². The molecule has 1 aliphatic rings. The number of nitrogens with zero attached hydrogens (tertiary/aromatic N) is 2. The predicted molar refractivity (Wildman–Crippen MR) is 111 cm³/mol. The van der Waals surface area contributed by atoms with Crippen LogP contribution in [0, 0.1) is 0 Å². The molecule has 0 radical (unpaired) electrons. The first kappa shape index (κ1) is 18.7. The monoisotopic (exact) mass is 390 g/mol. The molecule has 3 aromatic rings. The summed E-state index contributed by atoms with van der Waals surface area (Å²) in [5.41, 5.74) is 1.51. The number of rotatable bonds is 4. The van der Waals surface area contributed by atoms with E-state index < -0.39 is 0 Å². The molecule has 0 fully saturated rings. The first-order chi connectivity index (χ1) is 13.9. The number of aromatic nitrogens is 2. The molecule has 1 amide bonds. The Morgan fingerprint density at radius 3 is 2.48 bits per heavy atom. The summed E-state index contributed by atoms with van der Waals surface area (Å²) in [6, 6.07) is 16.7. The number of fused-ring (bicyclic) bond motifs is 1. The molecule has 0 unspecified atom stereocenters. The van der Waals surface area contributed by atoms with E-state index in [2.05, 4.69) is 20.6 Å². The number of amides is 1. The van der Waals surface area contributed by atoms with Crippen molar-refractivity contribution in [2.24, 2.45) is 0 Å². The van der Waals surface area contributed by atoms with Gasteiger partial charge < -0.3 is 20.1 Å². The van der Waals surface area contributed by atoms with Crippen LogP contribution in [0.4, 0.5) is 11.5 Å². The number of hydrogen-bond acceptors (Lipinski definition) is 6. The van der Waals surface area contributed by atoms with Crippen molar-refractivity contribution in [1.82, 2.24) is 15.3 Å². The molecule has 0 aliphatic carbocycles. The van der Waals surface area contributed by atoms with Crippen LogP contribution >= 0.6 is 0 Å². The summed E-state index contributed by atoms with van der Waals surface area (Å²) in [5.74, 6) is 2.09. The zero-order chi connectivity index (χ0) is 20.4. The zero-order valence-electron chi connectivity index (χ0n) is 16.5. The minimum absolute atomic E-state index is 0.210. The van der Waals surface area contributed by atoms with Crippen molar-refractivity contribution in [3.8, 4) is 22.9 Å². The van der Waals surface area contributed by atoms with Gasteiger partial charge in [0.1, 0.15) is 11.5 Å². The van der Waals surface area contributed by atoms with Crippen LogP contribution in [0.25, 0.3) is 11.4 Å². The Balaban J connectivity index is 1.70. The Kier molecular flexibility index (Phi) is 4.80. The van der Waals surface area contributed by atoms with E-state index in [-0.39, 0.29) is 23.9 Å². The van der Waals surface area contributed by atoms with E-state index in [1.165, 1.54) is 0 Å². The molecule has 2 N–H and O–H groups in total. The van der Waals surface area contributed by atoms with Gasteiger partial charge in [0.05, 0.1) is 0 Å². The molecule has 2 heterocycles. The zero-order valence-corrected chi connectivity index (χ0v) is 16.5. The molecule has 1 aliphatic heterocycles. The van der Waals surface area contributed by atoms with Crippen molar-refractivity contribution in [3.63, 3.8) is 0 Å². The molecule has 0 bridgehead atoms. The second-order valence-electron chi connectivity index (χ2n) is 7.73. The summed E-state index contributed by atoms with van der Waals surface area (Å²) < 4.78 is 10.8. The Hall–Kier alpha value is -3.61. The normalized spacial score (nSPS) is 12.5. The third-order valence-electron chi connectivity index (χ3n) is 4.12. The first-order valence-electron chi connectivity index (χ1n) is 9.31. The van der Waals surface area contributed by atoms with E-state index in [0.717, 1.165) is 11.3 Å². The smallest absolute Gasteiger partial charge is 0.270 e. The van der Waals surface area contributed by atoms with Crippen LogP contribution in [0.5, 0.6) is 11.5 Å². The summed E-state index contributed by atoms with van der Waals surface area (Å²) in [7, 11) is 0. The van der Waals surface area contributed by atoms with E-state index >= 15 is 0 Å². The highest BCUT2D eigenvalue weighted by molar-refractivity contribution is 5.94. The fourth-order valence-corrected chi connectivity index (χ4v) is 2.87. The molecule has 0 atom stereocenters. The lowest BCUT2D eigenvalue weighted by atomic mass is 10.1. The number of anilines is 2. The fourth-order valence-electron chi connectivity index (χ4n) is 2.87. The van der Waals surface area contributed by atoms with E-state index in [1.54, 1.807) is 6.07 Å². The molecule has 148 valence electrons. The summed E-state index contributed by atoms with van der Waals surface area (Å²) in [4.78, 5) is 21.8. The third kappa shape index (κ3) is 4.45. The minimum atomic E-state index is -0.375. The first-order valence-corrected chi connectivity index (χ1v) is 9.31. The second kappa shape index (κ2) is 7.43. The van der Waals surface area contributed by atoms with Gasteiger partial charge in [-0.3, -0.25) is 4.79 Å². The number of hydrogen-bond donors (Lipinski definition) is 2. The van der Waals surface area contributed by atoms with Crippen LogP contribution in [-0.2, 0) is 0 Å². The van der Waals surface area contributed by atoms with Gasteiger partial charge in [-0.05, 0) is 32.9 Å². The summed E-state index contributed by atoms with van der Waals surface area (Å²) >= 11 is 0. The van der Waals surface area contributed by atoms with Crippen molar-refractivity contribution in [1.29, 1.82) is 0 Å². The maximum absolute atomic E-state index is 12.7. The van der Waals surface area contributed by atoms with Gasteiger partial charge in [0.2, 0.25) is 6.79 Å². The van der Waals surface area contributed by atoms with Gasteiger partial charge in [-0.2, -0.15) is 0 Å². The van der Waals surface area contributed by atoms with Crippen molar-refractivity contribution >= 4 is 17.4 Å². The molecule has 7 heteroatoms. The van der Waals surface area contributed by atoms with Crippen LogP contribution in [0.1, 0.15) is 31.3 Å². The van der Waals surface area contributed by atoms with Gasteiger partial charge in [-0.1, -0.05) is 30.3 Å². The van der Waals surface area contributed by atoms with Gasteiger partial charge in [0, 0.05) is 28.9 Å².